The third kappa shape index (κ3) is 4.80. The van der Waals surface area contributed by atoms with E-state index in [1.807, 2.05) is 6.92 Å². The van der Waals surface area contributed by atoms with Crippen LogP contribution in [-0.4, -0.2) is 26.6 Å². The van der Waals surface area contributed by atoms with Crippen LogP contribution in [0.3, 0.4) is 0 Å². The van der Waals surface area contributed by atoms with Crippen molar-refractivity contribution in [3.8, 4) is 0 Å². The Labute approximate surface area is 63.8 Å². The Morgan fingerprint density at radius 2 is 2.20 bits per heavy atom. The van der Waals surface area contributed by atoms with Gasteiger partial charge in [0.05, 0.1) is 0 Å². The van der Waals surface area contributed by atoms with Crippen molar-refractivity contribution in [2.24, 2.45) is 0 Å². The lowest BCUT2D eigenvalue weighted by molar-refractivity contribution is 0.303. The Morgan fingerprint density at radius 1 is 1.60 bits per heavy atom. The molecule has 0 aliphatic carbocycles. The molecule has 0 amide bonds. The van der Waals surface area contributed by atoms with E-state index in [1.165, 1.54) is 0 Å². The first-order valence-corrected chi connectivity index (χ1v) is 4.08. The lowest BCUT2D eigenvalue weighted by Crippen LogP contribution is -2.31. The molecule has 0 fully saturated rings. The van der Waals surface area contributed by atoms with Crippen LogP contribution >= 0.6 is 0 Å². The zero-order valence-electron chi connectivity index (χ0n) is 7.15. The van der Waals surface area contributed by atoms with Gasteiger partial charge < -0.3 is 5.32 Å². The van der Waals surface area contributed by atoms with Gasteiger partial charge in [0.25, 0.3) is 0 Å². The summed E-state index contributed by atoms with van der Waals surface area (Å²) < 4.78 is 12.6. The third-order valence-corrected chi connectivity index (χ3v) is 1.74. The quantitative estimate of drug-likeness (QED) is 0.563. The maximum Gasteiger partial charge on any atom is 0.112 e. The summed E-state index contributed by atoms with van der Waals surface area (Å²) in [6.07, 6.45) is 1.01. The second-order valence-corrected chi connectivity index (χ2v) is 2.72. The molecule has 0 aliphatic rings. The van der Waals surface area contributed by atoms with Gasteiger partial charge in [0.2, 0.25) is 0 Å². The summed E-state index contributed by atoms with van der Waals surface area (Å²) in [6.45, 7) is 4.44. The molecule has 0 bridgehead atoms. The summed E-state index contributed by atoms with van der Waals surface area (Å²) in [7, 11) is 2.09. The molecule has 2 unspecified atom stereocenters. The SMILES string of the molecule is BCC(C)NCC(F)CC. The minimum Gasteiger partial charge on any atom is -0.312 e. The molecule has 2 atom stereocenters. The standard InChI is InChI=1S/C7H17BFN/c1-3-7(9)5-10-6(2)4-8/h6-7,10H,3-5,8H2,1-2H3. The fourth-order valence-corrected chi connectivity index (χ4v) is 0.618. The van der Waals surface area contributed by atoms with Gasteiger partial charge in [0.1, 0.15) is 14.0 Å². The van der Waals surface area contributed by atoms with E-state index in [0.717, 1.165) is 6.32 Å². The number of hydrogen-bond donors (Lipinski definition) is 1. The Morgan fingerprint density at radius 3 is 2.60 bits per heavy atom. The van der Waals surface area contributed by atoms with E-state index in [9.17, 15) is 4.39 Å². The zero-order chi connectivity index (χ0) is 7.98. The summed E-state index contributed by atoms with van der Waals surface area (Å²) in [5.74, 6) is 0. The molecule has 0 radical (unpaired) electrons. The second kappa shape index (κ2) is 5.72. The lowest BCUT2D eigenvalue weighted by Gasteiger charge is -2.12. The van der Waals surface area contributed by atoms with Crippen LogP contribution in [0.2, 0.25) is 6.32 Å². The Bertz CT molecular complexity index is 70.0. The predicted molar refractivity (Wildman–Crippen MR) is 46.0 cm³/mol. The van der Waals surface area contributed by atoms with Crippen LogP contribution in [-0.2, 0) is 0 Å². The number of alkyl halides is 1. The van der Waals surface area contributed by atoms with Crippen LogP contribution in [0.5, 0.6) is 0 Å². The summed E-state index contributed by atoms with van der Waals surface area (Å²) in [4.78, 5) is 0. The highest BCUT2D eigenvalue weighted by Gasteiger charge is 2.03. The first kappa shape index (κ1) is 9.95. The van der Waals surface area contributed by atoms with Crippen molar-refractivity contribution in [2.75, 3.05) is 6.54 Å². The average molecular weight is 145 g/mol. The van der Waals surface area contributed by atoms with E-state index in [4.69, 9.17) is 0 Å². The first-order valence-electron chi connectivity index (χ1n) is 4.08. The number of halogens is 1. The van der Waals surface area contributed by atoms with Crippen LogP contribution < -0.4 is 5.32 Å². The normalized spacial score (nSPS) is 16.7. The minimum absolute atomic E-state index is 0.449. The molecular weight excluding hydrogens is 128 g/mol. The van der Waals surface area contributed by atoms with E-state index >= 15 is 0 Å². The van der Waals surface area contributed by atoms with E-state index in [2.05, 4.69) is 20.1 Å². The van der Waals surface area contributed by atoms with E-state index in [1.54, 1.807) is 0 Å². The van der Waals surface area contributed by atoms with Gasteiger partial charge in [-0.3, -0.25) is 0 Å². The minimum atomic E-state index is -0.672. The maximum absolute atomic E-state index is 12.6. The fourth-order valence-electron chi connectivity index (χ4n) is 0.618. The van der Waals surface area contributed by atoms with Crippen molar-refractivity contribution in [3.63, 3.8) is 0 Å². The summed E-state index contributed by atoms with van der Waals surface area (Å²) >= 11 is 0. The molecule has 0 aromatic heterocycles. The lowest BCUT2D eigenvalue weighted by atomic mass is 9.98. The molecule has 0 spiro atoms. The summed E-state index contributed by atoms with van der Waals surface area (Å²) in [5.41, 5.74) is 0. The van der Waals surface area contributed by atoms with Crippen LogP contribution in [0.1, 0.15) is 20.3 Å². The van der Waals surface area contributed by atoms with Gasteiger partial charge in [-0.05, 0) is 12.5 Å². The Hall–Kier alpha value is -0.0451. The molecular formula is C7H17BFN. The highest BCUT2D eigenvalue weighted by atomic mass is 19.1. The van der Waals surface area contributed by atoms with Crippen LogP contribution in [0.25, 0.3) is 0 Å². The largest absolute Gasteiger partial charge is 0.312 e. The average Bonchev–Trinajstić information content (AvgIpc) is 1.99. The predicted octanol–water partition coefficient (Wildman–Crippen LogP) is 0.764. The highest BCUT2D eigenvalue weighted by molar-refractivity contribution is 6.08. The second-order valence-electron chi connectivity index (χ2n) is 2.72. The van der Waals surface area contributed by atoms with Gasteiger partial charge in [0, 0.05) is 6.54 Å². The molecule has 10 heavy (non-hydrogen) atoms. The van der Waals surface area contributed by atoms with Gasteiger partial charge in [-0.2, -0.15) is 0 Å². The van der Waals surface area contributed by atoms with Crippen LogP contribution in [0, 0.1) is 0 Å². The molecule has 0 aliphatic heterocycles. The molecule has 0 saturated carbocycles. The molecule has 0 rings (SSSR count). The number of rotatable bonds is 5. The van der Waals surface area contributed by atoms with Gasteiger partial charge in [-0.15, -0.1) is 0 Å². The molecule has 3 heteroatoms. The van der Waals surface area contributed by atoms with E-state index in [0.29, 0.717) is 19.0 Å². The first-order chi connectivity index (χ1) is 4.70. The molecule has 1 nitrogen and oxygen atoms in total. The molecule has 0 saturated heterocycles. The fraction of sp³-hybridized carbons (Fsp3) is 1.00. The van der Waals surface area contributed by atoms with Crippen molar-refractivity contribution in [3.05, 3.63) is 0 Å². The smallest absolute Gasteiger partial charge is 0.112 e. The Kier molecular flexibility index (Phi) is 5.69. The number of nitrogens with one attached hydrogen (secondary N) is 1. The summed E-state index contributed by atoms with van der Waals surface area (Å²) in [6, 6.07) is 0.449. The van der Waals surface area contributed by atoms with Crippen molar-refractivity contribution in [1.29, 1.82) is 0 Å². The topological polar surface area (TPSA) is 12.0 Å². The van der Waals surface area contributed by atoms with Crippen molar-refractivity contribution >= 4 is 7.85 Å². The molecule has 0 heterocycles. The van der Waals surface area contributed by atoms with Gasteiger partial charge >= 0.3 is 0 Å². The van der Waals surface area contributed by atoms with Crippen molar-refractivity contribution < 1.29 is 4.39 Å². The highest BCUT2D eigenvalue weighted by Crippen LogP contribution is 1.95. The molecule has 60 valence electrons. The van der Waals surface area contributed by atoms with Gasteiger partial charge in [0.15, 0.2) is 0 Å². The Balaban J connectivity index is 3.17. The van der Waals surface area contributed by atoms with E-state index < -0.39 is 6.17 Å². The molecule has 1 N–H and O–H groups in total. The van der Waals surface area contributed by atoms with Crippen molar-refractivity contribution in [1.82, 2.24) is 5.32 Å². The zero-order valence-corrected chi connectivity index (χ0v) is 7.15. The third-order valence-electron chi connectivity index (χ3n) is 1.74. The monoisotopic (exact) mass is 145 g/mol. The van der Waals surface area contributed by atoms with Crippen LogP contribution in [0.4, 0.5) is 4.39 Å². The number of hydrogen-bond acceptors (Lipinski definition) is 1. The molecule has 0 aromatic carbocycles. The maximum atomic E-state index is 12.6. The van der Waals surface area contributed by atoms with Gasteiger partial charge in [-0.1, -0.05) is 20.2 Å². The summed E-state index contributed by atoms with van der Waals surface area (Å²) in [5, 5.41) is 3.11. The van der Waals surface area contributed by atoms with Crippen LogP contribution in [0.15, 0.2) is 0 Å². The van der Waals surface area contributed by atoms with Crippen molar-refractivity contribution in [2.45, 2.75) is 38.8 Å². The van der Waals surface area contributed by atoms with Gasteiger partial charge in [-0.25, -0.2) is 4.39 Å². The molecule has 0 aromatic rings. The van der Waals surface area contributed by atoms with E-state index in [-0.39, 0.29) is 0 Å².